The molecule has 1 atom stereocenters. The number of phenols is 1. The van der Waals surface area contributed by atoms with E-state index in [2.05, 4.69) is 70.2 Å². The Morgan fingerprint density at radius 2 is 1.68 bits per heavy atom. The molecule has 5 nitrogen and oxygen atoms in total. The molecular weight excluding hydrogens is 512 g/mol. The minimum Gasteiger partial charge on any atom is -0.504 e. The number of hydrogen-bond donors (Lipinski definition) is 2. The van der Waals surface area contributed by atoms with E-state index in [9.17, 15) is 15.0 Å². The van der Waals surface area contributed by atoms with E-state index < -0.39 is 5.97 Å². The lowest BCUT2D eigenvalue weighted by Gasteiger charge is -2.34. The zero-order valence-corrected chi connectivity index (χ0v) is 25.3. The highest BCUT2D eigenvalue weighted by Crippen LogP contribution is 2.44. The number of methoxy groups -OCH3 is 1. The van der Waals surface area contributed by atoms with Crippen molar-refractivity contribution in [3.05, 3.63) is 88.0 Å². The standard InChI is InChI=1S/C36H44O5/c1-7-35(16-10-18-41-35)17-15-27-11-12-28(19-24(27)4)36(8-2,9-3)29-13-14-30(25(5)20-29)31-21-26(23-33(37)38)22-32(40-6)34(31)39/h11-15,17,19-22,39H,7-10,16,18,23H2,1-6H3,(H,37,38)/b17-15+. The maximum Gasteiger partial charge on any atom is 0.307 e. The van der Waals surface area contributed by atoms with Crippen LogP contribution in [0.25, 0.3) is 17.2 Å². The van der Waals surface area contributed by atoms with E-state index in [4.69, 9.17) is 9.47 Å². The van der Waals surface area contributed by atoms with E-state index in [1.165, 1.54) is 29.4 Å². The summed E-state index contributed by atoms with van der Waals surface area (Å²) in [7, 11) is 1.48. The normalized spacial score (nSPS) is 17.3. The highest BCUT2D eigenvalue weighted by atomic mass is 16.5. The van der Waals surface area contributed by atoms with Crippen LogP contribution in [0.2, 0.25) is 0 Å². The molecule has 0 radical (unpaired) electrons. The number of benzene rings is 3. The van der Waals surface area contributed by atoms with Gasteiger partial charge in [-0.05, 0) is 97.0 Å². The van der Waals surface area contributed by atoms with Gasteiger partial charge in [0.05, 0.1) is 19.1 Å². The van der Waals surface area contributed by atoms with Gasteiger partial charge in [-0.15, -0.1) is 0 Å². The molecular formula is C36H44O5. The van der Waals surface area contributed by atoms with Crippen LogP contribution < -0.4 is 4.74 Å². The summed E-state index contributed by atoms with van der Waals surface area (Å²) in [6.07, 6.45) is 9.40. The highest BCUT2D eigenvalue weighted by Gasteiger charge is 2.32. The van der Waals surface area contributed by atoms with Crippen molar-refractivity contribution in [1.29, 1.82) is 0 Å². The van der Waals surface area contributed by atoms with Crippen LogP contribution in [0.1, 0.15) is 86.3 Å². The number of ether oxygens (including phenoxy) is 2. The van der Waals surface area contributed by atoms with Crippen LogP contribution in [0.15, 0.2) is 54.6 Å². The predicted molar refractivity (Wildman–Crippen MR) is 166 cm³/mol. The van der Waals surface area contributed by atoms with Gasteiger partial charge in [0.15, 0.2) is 11.5 Å². The van der Waals surface area contributed by atoms with Gasteiger partial charge in [-0.3, -0.25) is 4.79 Å². The first kappa shape index (κ1) is 30.4. The molecule has 1 aliphatic heterocycles. The van der Waals surface area contributed by atoms with Crippen LogP contribution in [-0.4, -0.2) is 35.5 Å². The van der Waals surface area contributed by atoms with Crippen molar-refractivity contribution in [3.63, 3.8) is 0 Å². The molecule has 218 valence electrons. The van der Waals surface area contributed by atoms with Gasteiger partial charge in [-0.25, -0.2) is 0 Å². The molecule has 0 aliphatic carbocycles. The van der Waals surface area contributed by atoms with E-state index in [1.54, 1.807) is 12.1 Å². The number of phenolic OH excluding ortho intramolecular Hbond substituents is 1. The summed E-state index contributed by atoms with van der Waals surface area (Å²) in [5.41, 5.74) is 7.70. The average Bonchev–Trinajstić information content (AvgIpc) is 3.44. The summed E-state index contributed by atoms with van der Waals surface area (Å²) >= 11 is 0. The third kappa shape index (κ3) is 6.06. The van der Waals surface area contributed by atoms with E-state index >= 15 is 0 Å². The molecule has 4 rings (SSSR count). The van der Waals surface area contributed by atoms with Crippen molar-refractivity contribution in [2.24, 2.45) is 0 Å². The number of carboxylic acids is 1. The molecule has 1 aliphatic rings. The molecule has 1 unspecified atom stereocenters. The molecule has 0 aromatic heterocycles. The smallest absolute Gasteiger partial charge is 0.307 e. The molecule has 3 aromatic rings. The minimum absolute atomic E-state index is 0.0156. The van der Waals surface area contributed by atoms with E-state index in [-0.39, 0.29) is 28.9 Å². The molecule has 3 aromatic carbocycles. The number of carboxylic acid groups (broad SMARTS) is 1. The second-order valence-corrected chi connectivity index (χ2v) is 11.4. The summed E-state index contributed by atoms with van der Waals surface area (Å²) < 4.78 is 11.4. The third-order valence-corrected chi connectivity index (χ3v) is 9.11. The van der Waals surface area contributed by atoms with Gasteiger partial charge in [0, 0.05) is 17.6 Å². The Bertz CT molecular complexity index is 1420. The van der Waals surface area contributed by atoms with Gasteiger partial charge < -0.3 is 19.7 Å². The predicted octanol–water partition coefficient (Wildman–Crippen LogP) is 8.39. The maximum atomic E-state index is 11.4. The largest absolute Gasteiger partial charge is 0.504 e. The quantitative estimate of drug-likeness (QED) is 0.248. The number of rotatable bonds is 11. The summed E-state index contributed by atoms with van der Waals surface area (Å²) in [5.74, 6) is -0.644. The van der Waals surface area contributed by atoms with Gasteiger partial charge >= 0.3 is 5.97 Å². The van der Waals surface area contributed by atoms with Crippen molar-refractivity contribution >= 4 is 12.0 Å². The fourth-order valence-corrected chi connectivity index (χ4v) is 6.45. The molecule has 1 saturated heterocycles. The van der Waals surface area contributed by atoms with E-state index in [0.29, 0.717) is 11.1 Å². The Hall–Kier alpha value is -3.57. The summed E-state index contributed by atoms with van der Waals surface area (Å²) in [6.45, 7) is 11.7. The summed E-state index contributed by atoms with van der Waals surface area (Å²) in [5, 5.41) is 20.3. The number of aliphatic carboxylic acids is 1. The lowest BCUT2D eigenvalue weighted by Crippen LogP contribution is -2.26. The summed E-state index contributed by atoms with van der Waals surface area (Å²) in [4.78, 5) is 11.4. The molecule has 1 heterocycles. The van der Waals surface area contributed by atoms with Crippen molar-refractivity contribution in [2.45, 2.75) is 84.2 Å². The first-order chi connectivity index (χ1) is 19.6. The zero-order chi connectivity index (χ0) is 29.8. The van der Waals surface area contributed by atoms with Gasteiger partial charge in [0.1, 0.15) is 0 Å². The lowest BCUT2D eigenvalue weighted by atomic mass is 9.69. The molecule has 41 heavy (non-hydrogen) atoms. The van der Waals surface area contributed by atoms with Crippen LogP contribution >= 0.6 is 0 Å². The fraction of sp³-hybridized carbons (Fsp3) is 0.417. The number of aryl methyl sites for hydroxylation is 2. The fourth-order valence-electron chi connectivity index (χ4n) is 6.45. The Morgan fingerprint density at radius 1 is 1.00 bits per heavy atom. The topological polar surface area (TPSA) is 76.0 Å². The van der Waals surface area contributed by atoms with Crippen LogP contribution in [-0.2, 0) is 21.4 Å². The average molecular weight is 557 g/mol. The van der Waals surface area contributed by atoms with Gasteiger partial charge in [-0.2, -0.15) is 0 Å². The molecule has 5 heteroatoms. The van der Waals surface area contributed by atoms with E-state index in [1.807, 2.05) is 13.0 Å². The first-order valence-electron chi connectivity index (χ1n) is 14.8. The Balaban J connectivity index is 1.72. The number of aromatic hydroxyl groups is 1. The second kappa shape index (κ2) is 12.5. The van der Waals surface area contributed by atoms with Crippen LogP contribution in [0.5, 0.6) is 11.5 Å². The highest BCUT2D eigenvalue weighted by molar-refractivity contribution is 5.79. The molecule has 1 fully saturated rings. The van der Waals surface area contributed by atoms with Crippen LogP contribution in [0.4, 0.5) is 0 Å². The lowest BCUT2D eigenvalue weighted by molar-refractivity contribution is -0.136. The van der Waals surface area contributed by atoms with Crippen molar-refractivity contribution in [1.82, 2.24) is 0 Å². The van der Waals surface area contributed by atoms with Gasteiger partial charge in [0.25, 0.3) is 0 Å². The van der Waals surface area contributed by atoms with Gasteiger partial charge in [0.2, 0.25) is 0 Å². The van der Waals surface area contributed by atoms with Crippen LogP contribution in [0.3, 0.4) is 0 Å². The Labute approximate surface area is 244 Å². The SMILES string of the molecule is CCC1(/C=C/c2ccc(C(CC)(CC)c3ccc(-c4cc(CC(=O)O)cc(OC)c4O)c(C)c3)cc2C)CCCO1. The third-order valence-electron chi connectivity index (χ3n) is 9.11. The molecule has 0 bridgehead atoms. The Kier molecular flexibility index (Phi) is 9.28. The molecule has 0 spiro atoms. The number of carbonyl (C=O) groups is 1. The molecule has 0 saturated carbocycles. The van der Waals surface area contributed by atoms with Crippen molar-refractivity contribution in [2.75, 3.05) is 13.7 Å². The van der Waals surface area contributed by atoms with Crippen molar-refractivity contribution in [3.8, 4) is 22.6 Å². The van der Waals surface area contributed by atoms with E-state index in [0.717, 1.165) is 49.8 Å². The summed E-state index contributed by atoms with van der Waals surface area (Å²) in [6, 6.07) is 16.6. The Morgan fingerprint density at radius 3 is 2.22 bits per heavy atom. The zero-order valence-electron chi connectivity index (χ0n) is 25.3. The van der Waals surface area contributed by atoms with Crippen molar-refractivity contribution < 1.29 is 24.5 Å². The maximum absolute atomic E-state index is 11.4. The molecule has 2 N–H and O–H groups in total. The first-order valence-corrected chi connectivity index (χ1v) is 14.8. The number of hydrogen-bond acceptors (Lipinski definition) is 4. The second-order valence-electron chi connectivity index (χ2n) is 11.4. The monoisotopic (exact) mass is 556 g/mol. The molecule has 0 amide bonds. The van der Waals surface area contributed by atoms with Crippen LogP contribution in [0, 0.1) is 13.8 Å². The minimum atomic E-state index is -0.931. The van der Waals surface area contributed by atoms with Gasteiger partial charge in [-0.1, -0.05) is 69.3 Å².